The molecule has 1 aliphatic rings. The van der Waals surface area contributed by atoms with Gasteiger partial charge in [0.15, 0.2) is 11.6 Å². The number of piperazine rings is 1. The summed E-state index contributed by atoms with van der Waals surface area (Å²) in [6.07, 6.45) is 0.919. The molecule has 1 aliphatic heterocycles. The molecular formula is C21H25F2N3O3S. The zero-order valence-corrected chi connectivity index (χ0v) is 17.8. The zero-order chi connectivity index (χ0) is 21.9. The summed E-state index contributed by atoms with van der Waals surface area (Å²) in [5.41, 5.74) is 1.89. The molecule has 1 N–H and O–H groups in total. The predicted molar refractivity (Wildman–Crippen MR) is 111 cm³/mol. The number of nitrogens with zero attached hydrogens (tertiary/aromatic N) is 2. The number of hydrogen-bond acceptors (Lipinski definition) is 4. The SMILES string of the molecule is CCc1ccc(NC(=O)C(C)N2CCN(S(=O)(=O)c3ccc(F)c(F)c3)CC2)cc1. The molecule has 1 amide bonds. The maximum atomic E-state index is 13.4. The Morgan fingerprint density at radius 2 is 1.67 bits per heavy atom. The van der Waals surface area contributed by atoms with Crippen molar-refractivity contribution < 1.29 is 22.0 Å². The number of amides is 1. The lowest BCUT2D eigenvalue weighted by Crippen LogP contribution is -2.53. The van der Waals surface area contributed by atoms with Crippen LogP contribution in [0, 0.1) is 11.6 Å². The van der Waals surface area contributed by atoms with Gasteiger partial charge in [-0.25, -0.2) is 17.2 Å². The van der Waals surface area contributed by atoms with Crippen molar-refractivity contribution in [2.75, 3.05) is 31.5 Å². The highest BCUT2D eigenvalue weighted by molar-refractivity contribution is 7.89. The van der Waals surface area contributed by atoms with Crippen LogP contribution in [0.2, 0.25) is 0 Å². The van der Waals surface area contributed by atoms with Crippen LogP contribution in [0.4, 0.5) is 14.5 Å². The molecule has 6 nitrogen and oxygen atoms in total. The summed E-state index contributed by atoms with van der Waals surface area (Å²) < 4.78 is 53.2. The summed E-state index contributed by atoms with van der Waals surface area (Å²) in [7, 11) is -3.93. The molecule has 0 aliphatic carbocycles. The van der Waals surface area contributed by atoms with Crippen molar-refractivity contribution in [1.82, 2.24) is 9.21 Å². The molecule has 2 aromatic rings. The van der Waals surface area contributed by atoms with Crippen LogP contribution in [-0.4, -0.2) is 55.8 Å². The number of aryl methyl sites for hydroxylation is 1. The van der Waals surface area contributed by atoms with E-state index in [0.29, 0.717) is 24.8 Å². The van der Waals surface area contributed by atoms with Gasteiger partial charge < -0.3 is 5.32 Å². The van der Waals surface area contributed by atoms with Crippen molar-refractivity contribution in [2.24, 2.45) is 0 Å². The van der Waals surface area contributed by atoms with Crippen LogP contribution in [0.15, 0.2) is 47.4 Å². The van der Waals surface area contributed by atoms with E-state index in [2.05, 4.69) is 12.2 Å². The normalized spacial score (nSPS) is 16.9. The number of carbonyl (C=O) groups is 1. The highest BCUT2D eigenvalue weighted by Crippen LogP contribution is 2.21. The van der Waals surface area contributed by atoms with Crippen LogP contribution in [0.1, 0.15) is 19.4 Å². The standard InChI is InChI=1S/C21H25F2N3O3S/c1-3-16-4-6-17(7-5-16)24-21(27)15(2)25-10-12-26(13-11-25)30(28,29)18-8-9-19(22)20(23)14-18/h4-9,14-15H,3,10-13H2,1-2H3,(H,24,27). The second-order valence-corrected chi connectivity index (χ2v) is 9.17. The largest absolute Gasteiger partial charge is 0.325 e. The molecule has 0 bridgehead atoms. The number of anilines is 1. The summed E-state index contributed by atoms with van der Waals surface area (Å²) in [5.74, 6) is -2.47. The number of hydrogen-bond donors (Lipinski definition) is 1. The Morgan fingerprint density at radius 3 is 2.23 bits per heavy atom. The third-order valence-corrected chi connectivity index (χ3v) is 7.25. The van der Waals surface area contributed by atoms with Crippen molar-refractivity contribution in [3.63, 3.8) is 0 Å². The van der Waals surface area contributed by atoms with E-state index < -0.39 is 27.7 Å². The average molecular weight is 438 g/mol. The Hall–Kier alpha value is -2.36. The fourth-order valence-corrected chi connectivity index (χ4v) is 4.79. The Kier molecular flexibility index (Phi) is 6.84. The Balaban J connectivity index is 1.59. The van der Waals surface area contributed by atoms with Gasteiger partial charge in [-0.15, -0.1) is 0 Å². The highest BCUT2D eigenvalue weighted by Gasteiger charge is 2.32. The molecular weight excluding hydrogens is 412 g/mol. The average Bonchev–Trinajstić information content (AvgIpc) is 2.75. The number of rotatable bonds is 6. The van der Waals surface area contributed by atoms with Gasteiger partial charge >= 0.3 is 0 Å². The molecule has 1 atom stereocenters. The summed E-state index contributed by atoms with van der Waals surface area (Å²) in [6.45, 7) is 4.85. The smallest absolute Gasteiger partial charge is 0.243 e. The van der Waals surface area contributed by atoms with Crippen LogP contribution in [0.3, 0.4) is 0 Å². The van der Waals surface area contributed by atoms with Crippen LogP contribution >= 0.6 is 0 Å². The lowest BCUT2D eigenvalue weighted by Gasteiger charge is -2.36. The quantitative estimate of drug-likeness (QED) is 0.755. The molecule has 162 valence electrons. The predicted octanol–water partition coefficient (Wildman–Crippen LogP) is 2.86. The van der Waals surface area contributed by atoms with Gasteiger partial charge in [-0.05, 0) is 49.2 Å². The first-order valence-corrected chi connectivity index (χ1v) is 11.3. The Morgan fingerprint density at radius 1 is 1.03 bits per heavy atom. The molecule has 30 heavy (non-hydrogen) atoms. The number of halogens is 2. The van der Waals surface area contributed by atoms with Gasteiger partial charge in [0.25, 0.3) is 0 Å². The third-order valence-electron chi connectivity index (χ3n) is 5.36. The molecule has 1 fully saturated rings. The second kappa shape index (κ2) is 9.20. The van der Waals surface area contributed by atoms with E-state index in [0.717, 1.165) is 18.6 Å². The van der Waals surface area contributed by atoms with E-state index in [4.69, 9.17) is 0 Å². The van der Waals surface area contributed by atoms with Crippen molar-refractivity contribution in [3.8, 4) is 0 Å². The van der Waals surface area contributed by atoms with Crippen LogP contribution in [0.25, 0.3) is 0 Å². The molecule has 1 heterocycles. The lowest BCUT2D eigenvalue weighted by molar-refractivity contribution is -0.121. The van der Waals surface area contributed by atoms with Crippen molar-refractivity contribution in [3.05, 3.63) is 59.7 Å². The number of nitrogens with one attached hydrogen (secondary N) is 1. The molecule has 2 aromatic carbocycles. The Labute approximate surface area is 175 Å². The molecule has 0 saturated carbocycles. The maximum Gasteiger partial charge on any atom is 0.243 e. The molecule has 0 spiro atoms. The lowest BCUT2D eigenvalue weighted by atomic mass is 10.1. The van der Waals surface area contributed by atoms with E-state index in [1.54, 1.807) is 6.92 Å². The van der Waals surface area contributed by atoms with Gasteiger partial charge in [-0.3, -0.25) is 9.69 Å². The third kappa shape index (κ3) is 4.85. The Bertz CT molecular complexity index is 1000. The van der Waals surface area contributed by atoms with Gasteiger partial charge in [-0.1, -0.05) is 19.1 Å². The van der Waals surface area contributed by atoms with Crippen molar-refractivity contribution in [1.29, 1.82) is 0 Å². The van der Waals surface area contributed by atoms with E-state index in [-0.39, 0.29) is 23.9 Å². The van der Waals surface area contributed by atoms with Gasteiger partial charge in [-0.2, -0.15) is 4.31 Å². The highest BCUT2D eigenvalue weighted by atomic mass is 32.2. The first-order valence-electron chi connectivity index (χ1n) is 9.81. The van der Waals surface area contributed by atoms with E-state index in [1.807, 2.05) is 29.2 Å². The fourth-order valence-electron chi connectivity index (χ4n) is 3.35. The van der Waals surface area contributed by atoms with Crippen LogP contribution in [0.5, 0.6) is 0 Å². The minimum absolute atomic E-state index is 0.157. The summed E-state index contributed by atoms with van der Waals surface area (Å²) in [4.78, 5) is 14.2. The number of sulfonamides is 1. The first kappa shape index (κ1) is 22.3. The monoisotopic (exact) mass is 437 g/mol. The molecule has 3 rings (SSSR count). The van der Waals surface area contributed by atoms with Crippen LogP contribution < -0.4 is 5.32 Å². The molecule has 0 radical (unpaired) electrons. The zero-order valence-electron chi connectivity index (χ0n) is 16.9. The minimum Gasteiger partial charge on any atom is -0.325 e. The van der Waals surface area contributed by atoms with Crippen LogP contribution in [-0.2, 0) is 21.2 Å². The van der Waals surface area contributed by atoms with E-state index in [1.165, 1.54) is 9.87 Å². The molecule has 9 heteroatoms. The van der Waals surface area contributed by atoms with Crippen molar-refractivity contribution >= 4 is 21.6 Å². The van der Waals surface area contributed by atoms with Crippen molar-refractivity contribution in [2.45, 2.75) is 31.2 Å². The summed E-state index contributed by atoms with van der Waals surface area (Å²) >= 11 is 0. The van der Waals surface area contributed by atoms with E-state index >= 15 is 0 Å². The summed E-state index contributed by atoms with van der Waals surface area (Å²) in [5, 5.41) is 2.88. The topological polar surface area (TPSA) is 69.7 Å². The minimum atomic E-state index is -3.93. The first-order chi connectivity index (χ1) is 14.2. The fraction of sp³-hybridized carbons (Fsp3) is 0.381. The van der Waals surface area contributed by atoms with Gasteiger partial charge in [0.05, 0.1) is 10.9 Å². The van der Waals surface area contributed by atoms with E-state index in [9.17, 15) is 22.0 Å². The second-order valence-electron chi connectivity index (χ2n) is 7.23. The molecule has 1 unspecified atom stereocenters. The number of carbonyl (C=O) groups excluding carboxylic acids is 1. The molecule has 0 aromatic heterocycles. The van der Waals surface area contributed by atoms with Gasteiger partial charge in [0, 0.05) is 31.9 Å². The van der Waals surface area contributed by atoms with Gasteiger partial charge in [0.1, 0.15) is 0 Å². The van der Waals surface area contributed by atoms with Gasteiger partial charge in [0.2, 0.25) is 15.9 Å². The maximum absolute atomic E-state index is 13.4. The molecule has 1 saturated heterocycles. The summed E-state index contributed by atoms with van der Waals surface area (Å²) in [6, 6.07) is 9.74. The number of benzene rings is 2.